The maximum atomic E-state index is 11.9. The quantitative estimate of drug-likeness (QED) is 0.877. The van der Waals surface area contributed by atoms with Crippen LogP contribution in [0.25, 0.3) is 0 Å². The molecule has 0 radical (unpaired) electrons. The fourth-order valence-corrected chi connectivity index (χ4v) is 1.79. The molecule has 1 atom stereocenters. The number of carbonyl (C=O) groups is 1. The van der Waals surface area contributed by atoms with Gasteiger partial charge in [-0.15, -0.1) is 0 Å². The molecule has 1 amide bonds. The molecule has 2 heterocycles. The minimum absolute atomic E-state index is 0.0670. The first-order chi connectivity index (χ1) is 10.8. The van der Waals surface area contributed by atoms with Crippen LogP contribution in [0.5, 0.6) is 0 Å². The standard InChI is InChI=1S/C15H23N5O3/c1-6-22-10(2)13-18-12(23-19-13)9-20-8-11(7-16-20)17-14(21)15(3,4)5/h7-8,10H,6,9H2,1-5H3,(H,17,21). The molecule has 1 N–H and O–H groups in total. The van der Waals surface area contributed by atoms with Crippen LogP contribution in [0.4, 0.5) is 5.69 Å². The lowest BCUT2D eigenvalue weighted by molar-refractivity contribution is -0.123. The highest BCUT2D eigenvalue weighted by Crippen LogP contribution is 2.17. The Balaban J connectivity index is 1.98. The van der Waals surface area contributed by atoms with Gasteiger partial charge in [0.25, 0.3) is 0 Å². The topological polar surface area (TPSA) is 95.1 Å². The van der Waals surface area contributed by atoms with Gasteiger partial charge < -0.3 is 14.6 Å². The monoisotopic (exact) mass is 321 g/mol. The molecule has 2 rings (SSSR count). The third-order valence-electron chi connectivity index (χ3n) is 3.13. The number of aromatic nitrogens is 4. The highest BCUT2D eigenvalue weighted by atomic mass is 16.5. The molecule has 0 aliphatic rings. The molecule has 1 unspecified atom stereocenters. The molecule has 0 saturated carbocycles. The maximum Gasteiger partial charge on any atom is 0.248 e. The second-order valence-electron chi connectivity index (χ2n) is 6.27. The summed E-state index contributed by atoms with van der Waals surface area (Å²) in [6.07, 6.45) is 3.10. The average Bonchev–Trinajstić information content (AvgIpc) is 3.08. The van der Waals surface area contributed by atoms with Crippen molar-refractivity contribution < 1.29 is 14.1 Å². The van der Waals surface area contributed by atoms with Gasteiger partial charge in [-0.3, -0.25) is 9.48 Å². The molecular formula is C15H23N5O3. The normalized spacial score (nSPS) is 13.1. The summed E-state index contributed by atoms with van der Waals surface area (Å²) in [5, 5.41) is 10.9. The lowest BCUT2D eigenvalue weighted by atomic mass is 9.96. The van der Waals surface area contributed by atoms with E-state index < -0.39 is 5.41 Å². The number of nitrogens with zero attached hydrogens (tertiary/aromatic N) is 4. The van der Waals surface area contributed by atoms with Gasteiger partial charge in [0.05, 0.1) is 11.9 Å². The Hall–Kier alpha value is -2.22. The van der Waals surface area contributed by atoms with E-state index in [4.69, 9.17) is 9.26 Å². The van der Waals surface area contributed by atoms with Crippen LogP contribution in [0.3, 0.4) is 0 Å². The zero-order chi connectivity index (χ0) is 17.0. The Bertz CT molecular complexity index is 656. The molecule has 0 aliphatic carbocycles. The Morgan fingerprint density at radius 1 is 1.48 bits per heavy atom. The third-order valence-corrected chi connectivity index (χ3v) is 3.13. The first kappa shape index (κ1) is 17.1. The molecule has 0 saturated heterocycles. The Labute approximate surface area is 135 Å². The number of carbonyl (C=O) groups excluding carboxylic acids is 1. The van der Waals surface area contributed by atoms with E-state index in [2.05, 4.69) is 20.6 Å². The second kappa shape index (κ2) is 6.91. The molecule has 126 valence electrons. The van der Waals surface area contributed by atoms with E-state index in [9.17, 15) is 4.79 Å². The van der Waals surface area contributed by atoms with Crippen LogP contribution in [0.15, 0.2) is 16.9 Å². The largest absolute Gasteiger partial charge is 0.371 e. The van der Waals surface area contributed by atoms with Crippen molar-refractivity contribution >= 4 is 11.6 Å². The van der Waals surface area contributed by atoms with Gasteiger partial charge in [0, 0.05) is 18.2 Å². The molecule has 2 aromatic rings. The molecule has 8 nitrogen and oxygen atoms in total. The summed E-state index contributed by atoms with van der Waals surface area (Å²) < 4.78 is 12.2. The van der Waals surface area contributed by atoms with E-state index in [-0.39, 0.29) is 12.0 Å². The van der Waals surface area contributed by atoms with Gasteiger partial charge in [-0.05, 0) is 13.8 Å². The van der Waals surface area contributed by atoms with Crippen LogP contribution in [0, 0.1) is 5.41 Å². The van der Waals surface area contributed by atoms with Crippen molar-refractivity contribution in [3.63, 3.8) is 0 Å². The van der Waals surface area contributed by atoms with Crippen molar-refractivity contribution in [1.82, 2.24) is 19.9 Å². The summed E-state index contributed by atoms with van der Waals surface area (Å²) in [6.45, 7) is 10.3. The highest BCUT2D eigenvalue weighted by molar-refractivity contribution is 5.94. The zero-order valence-corrected chi connectivity index (χ0v) is 14.2. The van der Waals surface area contributed by atoms with Crippen molar-refractivity contribution in [2.45, 2.75) is 47.3 Å². The molecule has 23 heavy (non-hydrogen) atoms. The van der Waals surface area contributed by atoms with Gasteiger partial charge in [0.15, 0.2) is 5.82 Å². The van der Waals surface area contributed by atoms with Gasteiger partial charge in [-0.1, -0.05) is 25.9 Å². The number of hydrogen-bond acceptors (Lipinski definition) is 6. The van der Waals surface area contributed by atoms with Gasteiger partial charge in [-0.25, -0.2) is 0 Å². The van der Waals surface area contributed by atoms with Crippen molar-refractivity contribution in [3.8, 4) is 0 Å². The molecular weight excluding hydrogens is 298 g/mol. The van der Waals surface area contributed by atoms with Crippen molar-refractivity contribution in [1.29, 1.82) is 0 Å². The second-order valence-corrected chi connectivity index (χ2v) is 6.27. The minimum atomic E-state index is -0.459. The lowest BCUT2D eigenvalue weighted by Gasteiger charge is -2.16. The molecule has 0 aromatic carbocycles. The van der Waals surface area contributed by atoms with E-state index >= 15 is 0 Å². The average molecular weight is 321 g/mol. The van der Waals surface area contributed by atoms with E-state index in [1.807, 2.05) is 34.6 Å². The number of ether oxygens (including phenoxy) is 1. The van der Waals surface area contributed by atoms with Crippen LogP contribution in [0.2, 0.25) is 0 Å². The van der Waals surface area contributed by atoms with Gasteiger partial charge in [0.1, 0.15) is 12.6 Å². The molecule has 0 spiro atoms. The van der Waals surface area contributed by atoms with E-state index in [0.717, 1.165) is 0 Å². The van der Waals surface area contributed by atoms with Crippen LogP contribution in [0.1, 0.15) is 52.4 Å². The van der Waals surface area contributed by atoms with Crippen molar-refractivity contribution in [2.75, 3.05) is 11.9 Å². The minimum Gasteiger partial charge on any atom is -0.371 e. The van der Waals surface area contributed by atoms with Crippen LogP contribution in [-0.2, 0) is 16.1 Å². The Morgan fingerprint density at radius 3 is 2.87 bits per heavy atom. The predicted octanol–water partition coefficient (Wildman–Crippen LogP) is 2.40. The predicted molar refractivity (Wildman–Crippen MR) is 83.8 cm³/mol. The summed E-state index contributed by atoms with van der Waals surface area (Å²) in [4.78, 5) is 16.2. The lowest BCUT2D eigenvalue weighted by Crippen LogP contribution is -2.27. The summed E-state index contributed by atoms with van der Waals surface area (Å²) in [6, 6.07) is 0. The number of hydrogen-bond donors (Lipinski definition) is 1. The summed E-state index contributed by atoms with van der Waals surface area (Å²) in [5.41, 5.74) is 0.172. The smallest absolute Gasteiger partial charge is 0.248 e. The van der Waals surface area contributed by atoms with Crippen LogP contribution >= 0.6 is 0 Å². The van der Waals surface area contributed by atoms with Gasteiger partial charge in [0.2, 0.25) is 11.8 Å². The first-order valence-electron chi connectivity index (χ1n) is 7.57. The fourth-order valence-electron chi connectivity index (χ4n) is 1.79. The molecule has 8 heteroatoms. The fraction of sp³-hybridized carbons (Fsp3) is 0.600. The summed E-state index contributed by atoms with van der Waals surface area (Å²) in [5.74, 6) is 0.876. The maximum absolute atomic E-state index is 11.9. The molecule has 0 aliphatic heterocycles. The molecule has 0 bridgehead atoms. The van der Waals surface area contributed by atoms with Crippen LogP contribution < -0.4 is 5.32 Å². The Kier molecular flexibility index (Phi) is 5.15. The van der Waals surface area contributed by atoms with Crippen molar-refractivity contribution in [2.24, 2.45) is 5.41 Å². The number of rotatable bonds is 6. The van der Waals surface area contributed by atoms with E-state index in [1.165, 1.54) is 0 Å². The van der Waals surface area contributed by atoms with Crippen LogP contribution in [-0.4, -0.2) is 32.4 Å². The first-order valence-corrected chi connectivity index (χ1v) is 7.57. The zero-order valence-electron chi connectivity index (χ0n) is 14.2. The van der Waals surface area contributed by atoms with E-state index in [0.29, 0.717) is 30.6 Å². The number of nitrogens with one attached hydrogen (secondary N) is 1. The Morgan fingerprint density at radius 2 is 2.22 bits per heavy atom. The van der Waals surface area contributed by atoms with Crippen molar-refractivity contribution in [3.05, 3.63) is 24.1 Å². The number of anilines is 1. The molecule has 2 aromatic heterocycles. The molecule has 0 fully saturated rings. The highest BCUT2D eigenvalue weighted by Gasteiger charge is 2.21. The van der Waals surface area contributed by atoms with E-state index in [1.54, 1.807) is 17.1 Å². The summed E-state index contributed by atoms with van der Waals surface area (Å²) >= 11 is 0. The van der Waals surface area contributed by atoms with Gasteiger partial charge in [-0.2, -0.15) is 10.1 Å². The summed E-state index contributed by atoms with van der Waals surface area (Å²) in [7, 11) is 0. The van der Waals surface area contributed by atoms with Gasteiger partial charge >= 0.3 is 0 Å². The third kappa shape index (κ3) is 4.62. The number of amides is 1. The SMILES string of the molecule is CCOC(C)c1noc(Cn2cc(NC(=O)C(C)(C)C)cn2)n1.